The van der Waals surface area contributed by atoms with Crippen molar-refractivity contribution in [3.63, 3.8) is 0 Å². The van der Waals surface area contributed by atoms with Gasteiger partial charge in [0.15, 0.2) is 0 Å². The Morgan fingerprint density at radius 3 is 2.41 bits per heavy atom. The van der Waals surface area contributed by atoms with Gasteiger partial charge in [-0.1, -0.05) is 30.3 Å². The number of pyridine rings is 1. The molecule has 1 atom stereocenters. The van der Waals surface area contributed by atoms with E-state index >= 15 is 0 Å². The molecule has 0 spiro atoms. The van der Waals surface area contributed by atoms with Crippen molar-refractivity contribution < 1.29 is 23.9 Å². The van der Waals surface area contributed by atoms with Crippen molar-refractivity contribution in [1.29, 1.82) is 0 Å². The minimum Gasteiger partial charge on any atom is -0.461 e. The van der Waals surface area contributed by atoms with Gasteiger partial charge in [-0.05, 0) is 38.5 Å². The van der Waals surface area contributed by atoms with E-state index in [1.54, 1.807) is 39.1 Å². The summed E-state index contributed by atoms with van der Waals surface area (Å²) in [6.07, 6.45) is 1.86. The Kier molecular flexibility index (Phi) is 7.70. The van der Waals surface area contributed by atoms with Gasteiger partial charge >= 0.3 is 12.1 Å². The first-order chi connectivity index (χ1) is 13.7. The van der Waals surface area contributed by atoms with Gasteiger partial charge in [0, 0.05) is 6.20 Å². The number of ether oxygens (including phenoxy) is 2. The van der Waals surface area contributed by atoms with Crippen LogP contribution in [0.25, 0.3) is 0 Å². The Morgan fingerprint density at radius 2 is 1.79 bits per heavy atom. The van der Waals surface area contributed by atoms with Crippen LogP contribution in [0.4, 0.5) is 10.5 Å². The summed E-state index contributed by atoms with van der Waals surface area (Å²) in [5, 5.41) is 5.04. The van der Waals surface area contributed by atoms with Gasteiger partial charge in [0.25, 0.3) is 0 Å². The standard InChI is InChI=1S/C21H25N3O5/c1-21(2,3)29-20(27)24-17(19(26)23-16-10-7-11-22-13-16)12-18(25)28-14-15-8-5-4-6-9-15/h4-11,13,17H,12,14H2,1-3H3,(H,23,26)(H,24,27)/t17-/m1/s1. The molecule has 154 valence electrons. The van der Waals surface area contributed by atoms with Crippen LogP contribution in [0, 0.1) is 0 Å². The van der Waals surface area contributed by atoms with E-state index in [2.05, 4.69) is 15.6 Å². The lowest BCUT2D eigenvalue weighted by Gasteiger charge is -2.23. The highest BCUT2D eigenvalue weighted by Crippen LogP contribution is 2.10. The predicted octanol–water partition coefficient (Wildman–Crippen LogP) is 3.05. The molecule has 2 amide bonds. The van der Waals surface area contributed by atoms with Crippen molar-refractivity contribution in [1.82, 2.24) is 10.3 Å². The van der Waals surface area contributed by atoms with E-state index in [0.29, 0.717) is 5.69 Å². The molecule has 0 fully saturated rings. The largest absolute Gasteiger partial charge is 0.461 e. The molecule has 0 radical (unpaired) electrons. The number of aromatic nitrogens is 1. The molecular weight excluding hydrogens is 374 g/mol. The average molecular weight is 399 g/mol. The Labute approximate surface area is 169 Å². The number of nitrogens with one attached hydrogen (secondary N) is 2. The second-order valence-corrected chi connectivity index (χ2v) is 7.28. The number of esters is 1. The molecule has 8 heteroatoms. The number of benzene rings is 1. The number of carbonyl (C=O) groups is 3. The van der Waals surface area contributed by atoms with Crippen LogP contribution < -0.4 is 10.6 Å². The lowest BCUT2D eigenvalue weighted by molar-refractivity contribution is -0.146. The highest BCUT2D eigenvalue weighted by molar-refractivity contribution is 5.98. The molecular formula is C21H25N3O5. The minimum absolute atomic E-state index is 0.0725. The monoisotopic (exact) mass is 399 g/mol. The minimum atomic E-state index is -1.17. The zero-order chi connectivity index (χ0) is 21.3. The second-order valence-electron chi connectivity index (χ2n) is 7.28. The number of amides is 2. The fourth-order valence-electron chi connectivity index (χ4n) is 2.29. The van der Waals surface area contributed by atoms with E-state index in [4.69, 9.17) is 9.47 Å². The summed E-state index contributed by atoms with van der Waals surface area (Å²) < 4.78 is 10.4. The molecule has 0 aliphatic heterocycles. The smallest absolute Gasteiger partial charge is 0.408 e. The van der Waals surface area contributed by atoms with Gasteiger partial charge < -0.3 is 20.1 Å². The van der Waals surface area contributed by atoms with Crippen LogP contribution in [0.3, 0.4) is 0 Å². The summed E-state index contributed by atoms with van der Waals surface area (Å²) >= 11 is 0. The normalized spacial score (nSPS) is 11.8. The predicted molar refractivity (Wildman–Crippen MR) is 107 cm³/mol. The fraction of sp³-hybridized carbons (Fsp3) is 0.333. The maximum atomic E-state index is 12.6. The van der Waals surface area contributed by atoms with E-state index in [1.807, 2.05) is 30.3 Å². The molecule has 0 bridgehead atoms. The Hall–Kier alpha value is -3.42. The maximum Gasteiger partial charge on any atom is 0.408 e. The highest BCUT2D eigenvalue weighted by Gasteiger charge is 2.27. The molecule has 8 nitrogen and oxygen atoms in total. The van der Waals surface area contributed by atoms with Crippen molar-refractivity contribution in [3.8, 4) is 0 Å². The van der Waals surface area contributed by atoms with Crippen molar-refractivity contribution in [2.24, 2.45) is 0 Å². The lowest BCUT2D eigenvalue weighted by atomic mass is 10.2. The van der Waals surface area contributed by atoms with E-state index in [9.17, 15) is 14.4 Å². The third-order valence-electron chi connectivity index (χ3n) is 3.55. The highest BCUT2D eigenvalue weighted by atomic mass is 16.6. The van der Waals surface area contributed by atoms with Crippen LogP contribution in [0.5, 0.6) is 0 Å². The second kappa shape index (κ2) is 10.2. The van der Waals surface area contributed by atoms with E-state index in [0.717, 1.165) is 5.56 Å². The molecule has 0 saturated heterocycles. The molecule has 1 heterocycles. The first kappa shape index (κ1) is 21.9. The number of anilines is 1. The van der Waals surface area contributed by atoms with Crippen molar-refractivity contribution in [2.75, 3.05) is 5.32 Å². The summed E-state index contributed by atoms with van der Waals surface area (Å²) in [5.41, 5.74) is 0.505. The van der Waals surface area contributed by atoms with E-state index in [-0.39, 0.29) is 13.0 Å². The third kappa shape index (κ3) is 8.42. The number of hydrogen-bond acceptors (Lipinski definition) is 6. The van der Waals surface area contributed by atoms with Crippen molar-refractivity contribution >= 4 is 23.7 Å². The van der Waals surface area contributed by atoms with E-state index in [1.165, 1.54) is 6.20 Å². The Bertz CT molecular complexity index is 819. The SMILES string of the molecule is CC(C)(C)OC(=O)N[C@H](CC(=O)OCc1ccccc1)C(=O)Nc1cccnc1. The molecule has 2 aromatic rings. The Balaban J connectivity index is 2.01. The summed E-state index contributed by atoms with van der Waals surface area (Å²) in [4.78, 5) is 40.9. The van der Waals surface area contributed by atoms with Gasteiger partial charge in [0.2, 0.25) is 5.91 Å². The molecule has 0 unspecified atom stereocenters. The zero-order valence-electron chi connectivity index (χ0n) is 16.7. The Morgan fingerprint density at radius 1 is 1.07 bits per heavy atom. The molecule has 0 aliphatic carbocycles. The van der Waals surface area contributed by atoms with Crippen LogP contribution in [0.2, 0.25) is 0 Å². The third-order valence-corrected chi connectivity index (χ3v) is 3.55. The van der Waals surface area contributed by atoms with E-state index < -0.39 is 29.6 Å². The number of alkyl carbamates (subject to hydrolysis) is 1. The maximum absolute atomic E-state index is 12.6. The van der Waals surface area contributed by atoms with Gasteiger partial charge in [0.1, 0.15) is 18.2 Å². The first-order valence-corrected chi connectivity index (χ1v) is 9.13. The molecule has 0 aliphatic rings. The van der Waals surface area contributed by atoms with Gasteiger partial charge in [-0.3, -0.25) is 14.6 Å². The summed E-state index contributed by atoms with van der Waals surface area (Å²) in [6.45, 7) is 5.17. The van der Waals surface area contributed by atoms with Crippen molar-refractivity contribution in [3.05, 3.63) is 60.4 Å². The number of hydrogen-bond donors (Lipinski definition) is 2. The average Bonchev–Trinajstić information content (AvgIpc) is 2.66. The number of carbonyl (C=O) groups excluding carboxylic acids is 3. The van der Waals surface area contributed by atoms with Gasteiger partial charge in [-0.2, -0.15) is 0 Å². The molecule has 0 saturated carbocycles. The van der Waals surface area contributed by atoms with Crippen LogP contribution in [-0.2, 0) is 25.7 Å². The van der Waals surface area contributed by atoms with Crippen LogP contribution in [-0.4, -0.2) is 34.6 Å². The zero-order valence-corrected chi connectivity index (χ0v) is 16.7. The van der Waals surface area contributed by atoms with Gasteiger partial charge in [-0.25, -0.2) is 4.79 Å². The lowest BCUT2D eigenvalue weighted by Crippen LogP contribution is -2.47. The van der Waals surface area contributed by atoms with Gasteiger partial charge in [0.05, 0.1) is 18.3 Å². The van der Waals surface area contributed by atoms with Crippen LogP contribution in [0.1, 0.15) is 32.8 Å². The first-order valence-electron chi connectivity index (χ1n) is 9.13. The number of nitrogens with zero attached hydrogens (tertiary/aromatic N) is 1. The molecule has 29 heavy (non-hydrogen) atoms. The topological polar surface area (TPSA) is 107 Å². The fourth-order valence-corrected chi connectivity index (χ4v) is 2.29. The molecule has 2 N–H and O–H groups in total. The quantitative estimate of drug-likeness (QED) is 0.693. The number of rotatable bonds is 7. The molecule has 2 rings (SSSR count). The molecule has 1 aromatic carbocycles. The molecule has 1 aromatic heterocycles. The summed E-state index contributed by atoms with van der Waals surface area (Å²) in [7, 11) is 0. The summed E-state index contributed by atoms with van der Waals surface area (Å²) in [6, 6.07) is 11.3. The van der Waals surface area contributed by atoms with Crippen LogP contribution >= 0.6 is 0 Å². The van der Waals surface area contributed by atoms with Crippen molar-refractivity contribution in [2.45, 2.75) is 45.4 Å². The summed E-state index contributed by atoms with van der Waals surface area (Å²) in [5.74, 6) is -1.21. The van der Waals surface area contributed by atoms with Crippen LogP contribution in [0.15, 0.2) is 54.9 Å². The van der Waals surface area contributed by atoms with Gasteiger partial charge in [-0.15, -0.1) is 0 Å².